The first-order chi connectivity index (χ1) is 13.1. The minimum Gasteiger partial charge on any atom is -0.333 e. The first-order valence-corrected chi connectivity index (χ1v) is 9.97. The van der Waals surface area contributed by atoms with Crippen molar-refractivity contribution < 1.29 is 4.79 Å². The minimum absolute atomic E-state index is 0.0507. The fourth-order valence-corrected chi connectivity index (χ4v) is 5.10. The third-order valence-corrected chi connectivity index (χ3v) is 6.34. The van der Waals surface area contributed by atoms with E-state index in [2.05, 4.69) is 36.7 Å². The monoisotopic (exact) mass is 394 g/mol. The molecule has 1 aromatic carbocycles. The van der Waals surface area contributed by atoms with Gasteiger partial charge in [-0.25, -0.2) is 0 Å². The summed E-state index contributed by atoms with van der Waals surface area (Å²) in [5.74, 6) is 0.0161. The van der Waals surface area contributed by atoms with Crippen molar-refractivity contribution in [1.29, 1.82) is 0 Å². The highest BCUT2D eigenvalue weighted by Crippen LogP contribution is 2.43. The van der Waals surface area contributed by atoms with Crippen LogP contribution < -0.4 is 0 Å². The molecule has 3 heterocycles. The molecule has 0 radical (unpaired) electrons. The highest BCUT2D eigenvalue weighted by atomic mass is 35.5. The zero-order chi connectivity index (χ0) is 19.0. The van der Waals surface area contributed by atoms with Gasteiger partial charge in [0.05, 0.1) is 10.9 Å². The smallest absolute Gasteiger partial charge is 0.246 e. The molecule has 0 bridgehead atoms. The number of nitrogens with zero attached hydrogens (tertiary/aromatic N) is 2. The van der Waals surface area contributed by atoms with Crippen molar-refractivity contribution in [2.75, 3.05) is 6.54 Å². The lowest BCUT2D eigenvalue weighted by Crippen LogP contribution is -2.37. The number of fused-ring (bicyclic) bond motifs is 1. The van der Waals surface area contributed by atoms with Gasteiger partial charge in [0.15, 0.2) is 0 Å². The van der Waals surface area contributed by atoms with Gasteiger partial charge in [0.25, 0.3) is 0 Å². The first kappa shape index (κ1) is 18.0. The topological polar surface area (TPSA) is 33.2 Å². The number of rotatable bonds is 3. The van der Waals surface area contributed by atoms with E-state index >= 15 is 0 Å². The second kappa shape index (κ2) is 7.29. The molecule has 0 aliphatic carbocycles. The van der Waals surface area contributed by atoms with E-state index in [4.69, 9.17) is 11.6 Å². The number of pyridine rings is 1. The molecule has 3 nitrogen and oxygen atoms in total. The Morgan fingerprint density at radius 2 is 2.11 bits per heavy atom. The summed E-state index contributed by atoms with van der Waals surface area (Å²) in [6, 6.07) is 12.4. The maximum atomic E-state index is 12.3. The number of aryl methyl sites for hydroxylation is 1. The van der Waals surface area contributed by atoms with Gasteiger partial charge in [-0.3, -0.25) is 9.78 Å². The van der Waals surface area contributed by atoms with Crippen molar-refractivity contribution in [3.8, 4) is 11.1 Å². The largest absolute Gasteiger partial charge is 0.333 e. The molecule has 0 unspecified atom stereocenters. The number of thiophene rings is 1. The number of hydrogen-bond donors (Lipinski definition) is 0. The van der Waals surface area contributed by atoms with Gasteiger partial charge in [0.1, 0.15) is 0 Å². The van der Waals surface area contributed by atoms with Gasteiger partial charge < -0.3 is 4.90 Å². The zero-order valence-corrected chi connectivity index (χ0v) is 16.6. The lowest BCUT2D eigenvalue weighted by atomic mass is 9.83. The highest BCUT2D eigenvalue weighted by Gasteiger charge is 2.31. The molecule has 1 atom stereocenters. The van der Waals surface area contributed by atoms with Gasteiger partial charge in [-0.05, 0) is 47.4 Å². The third kappa shape index (κ3) is 3.31. The molecule has 0 saturated carbocycles. The highest BCUT2D eigenvalue weighted by molar-refractivity contribution is 7.16. The molecule has 0 spiro atoms. The standard InChI is InChI=1S/C22H19ClN2OS/c1-3-22(26)25-12-19(17-10-21(23)27-20(17)13-25)16-7-5-4-6-15(16)18-11-24-9-8-14(18)2/h3-11,19H,1,12-13H2,2H3/t19-/m1/s1. The molecular weight excluding hydrogens is 376 g/mol. The van der Waals surface area contributed by atoms with Crippen LogP contribution in [0.5, 0.6) is 0 Å². The molecule has 1 aliphatic rings. The number of carbonyl (C=O) groups excluding carboxylic acids is 1. The Bertz CT molecular complexity index is 1030. The van der Waals surface area contributed by atoms with Crippen molar-refractivity contribution in [1.82, 2.24) is 9.88 Å². The predicted molar refractivity (Wildman–Crippen MR) is 111 cm³/mol. The van der Waals surface area contributed by atoms with E-state index in [1.165, 1.54) is 22.8 Å². The normalized spacial score (nSPS) is 16.1. The molecular formula is C22H19ClN2OS. The summed E-state index contributed by atoms with van der Waals surface area (Å²) in [5.41, 5.74) is 5.84. The molecule has 2 aromatic heterocycles. The maximum Gasteiger partial charge on any atom is 0.246 e. The van der Waals surface area contributed by atoms with Crippen LogP contribution in [-0.2, 0) is 11.3 Å². The Morgan fingerprint density at radius 1 is 1.30 bits per heavy atom. The Labute approximate surface area is 167 Å². The van der Waals surface area contributed by atoms with Crippen LogP contribution in [0.15, 0.2) is 61.4 Å². The van der Waals surface area contributed by atoms with Crippen LogP contribution in [0, 0.1) is 6.92 Å². The molecule has 1 amide bonds. The molecule has 0 fully saturated rings. The van der Waals surface area contributed by atoms with E-state index < -0.39 is 0 Å². The summed E-state index contributed by atoms with van der Waals surface area (Å²) in [7, 11) is 0. The molecule has 5 heteroatoms. The van der Waals surface area contributed by atoms with Gasteiger partial charge >= 0.3 is 0 Å². The van der Waals surface area contributed by atoms with Gasteiger partial charge in [-0.15, -0.1) is 11.3 Å². The van der Waals surface area contributed by atoms with Gasteiger partial charge in [-0.1, -0.05) is 42.4 Å². The fourth-order valence-electron chi connectivity index (χ4n) is 3.74. The van der Waals surface area contributed by atoms with Gasteiger partial charge in [0, 0.05) is 35.3 Å². The van der Waals surface area contributed by atoms with Crippen molar-refractivity contribution in [2.24, 2.45) is 0 Å². The van der Waals surface area contributed by atoms with Crippen LogP contribution in [-0.4, -0.2) is 22.3 Å². The number of benzene rings is 1. The van der Waals surface area contributed by atoms with Crippen molar-refractivity contribution in [3.63, 3.8) is 0 Å². The van der Waals surface area contributed by atoms with Crippen LogP contribution in [0.25, 0.3) is 11.1 Å². The van der Waals surface area contributed by atoms with Crippen molar-refractivity contribution >= 4 is 28.8 Å². The van der Waals surface area contributed by atoms with Crippen LogP contribution >= 0.6 is 22.9 Å². The molecule has 4 rings (SSSR count). The first-order valence-electron chi connectivity index (χ1n) is 8.78. The quantitative estimate of drug-likeness (QED) is 0.555. The summed E-state index contributed by atoms with van der Waals surface area (Å²) in [4.78, 5) is 19.6. The Hall–Kier alpha value is -2.43. The van der Waals surface area contributed by atoms with Gasteiger partial charge in [-0.2, -0.15) is 0 Å². The fraction of sp³-hybridized carbons (Fsp3) is 0.182. The van der Waals surface area contributed by atoms with Crippen LogP contribution in [0.2, 0.25) is 4.34 Å². The molecule has 3 aromatic rings. The summed E-state index contributed by atoms with van der Waals surface area (Å²) in [6.07, 6.45) is 5.10. The summed E-state index contributed by atoms with van der Waals surface area (Å²) >= 11 is 7.88. The number of amides is 1. The number of halogens is 1. The molecule has 1 aliphatic heterocycles. The maximum absolute atomic E-state index is 12.3. The lowest BCUT2D eigenvalue weighted by molar-refractivity contribution is -0.127. The summed E-state index contributed by atoms with van der Waals surface area (Å²) < 4.78 is 0.757. The van der Waals surface area contributed by atoms with E-state index in [0.29, 0.717) is 13.1 Å². The minimum atomic E-state index is -0.0507. The number of carbonyl (C=O) groups is 1. The van der Waals surface area contributed by atoms with E-state index in [-0.39, 0.29) is 11.8 Å². The molecule has 27 heavy (non-hydrogen) atoms. The average Bonchev–Trinajstić information content (AvgIpc) is 3.07. The average molecular weight is 395 g/mol. The van der Waals surface area contributed by atoms with E-state index in [9.17, 15) is 4.79 Å². The summed E-state index contributed by atoms with van der Waals surface area (Å²) in [5, 5.41) is 0. The van der Waals surface area contributed by atoms with Crippen LogP contribution in [0.3, 0.4) is 0 Å². The third-order valence-electron chi connectivity index (χ3n) is 5.08. The van der Waals surface area contributed by atoms with Crippen molar-refractivity contribution in [2.45, 2.75) is 19.4 Å². The number of hydrogen-bond acceptors (Lipinski definition) is 3. The Kier molecular flexibility index (Phi) is 4.85. The van der Waals surface area contributed by atoms with Gasteiger partial charge in [0.2, 0.25) is 5.91 Å². The number of aromatic nitrogens is 1. The van der Waals surface area contributed by atoms with E-state index in [0.717, 1.165) is 20.3 Å². The molecule has 0 N–H and O–H groups in total. The van der Waals surface area contributed by atoms with E-state index in [1.54, 1.807) is 11.3 Å². The molecule has 136 valence electrons. The zero-order valence-electron chi connectivity index (χ0n) is 15.0. The SMILES string of the molecule is C=CC(=O)N1Cc2sc(Cl)cc2[C@@H](c2ccccc2-c2cnccc2C)C1. The Balaban J connectivity index is 1.87. The Morgan fingerprint density at radius 3 is 2.89 bits per heavy atom. The van der Waals surface area contributed by atoms with E-state index in [1.807, 2.05) is 35.5 Å². The second-order valence-electron chi connectivity index (χ2n) is 6.68. The summed E-state index contributed by atoms with van der Waals surface area (Å²) in [6.45, 7) is 6.94. The lowest BCUT2D eigenvalue weighted by Gasteiger charge is -2.33. The molecule has 0 saturated heterocycles. The van der Waals surface area contributed by atoms with Crippen LogP contribution in [0.1, 0.15) is 27.5 Å². The second-order valence-corrected chi connectivity index (χ2v) is 8.45. The van der Waals surface area contributed by atoms with Crippen molar-refractivity contribution in [3.05, 3.63) is 87.4 Å². The predicted octanol–water partition coefficient (Wildman–Crippen LogP) is 5.43. The van der Waals surface area contributed by atoms with Crippen LogP contribution in [0.4, 0.5) is 0 Å².